The Morgan fingerprint density at radius 3 is 0.747 bits per heavy atom. The highest BCUT2D eigenvalue weighted by Crippen LogP contribution is 2.14. The second-order valence-corrected chi connectivity index (χ2v) is 21.6. The van der Waals surface area contributed by atoms with Gasteiger partial charge in [0.2, 0.25) is 0 Å². The number of allylic oxidation sites excluding steroid dienone is 28. The zero-order valence-electron chi connectivity index (χ0n) is 53.4. The Morgan fingerprint density at radius 2 is 0.470 bits per heavy atom. The first-order chi connectivity index (χ1) is 41.0. The van der Waals surface area contributed by atoms with E-state index >= 15 is 0 Å². The molecule has 0 N–H and O–H groups in total. The van der Waals surface area contributed by atoms with E-state index in [1.807, 2.05) is 0 Å². The molecule has 0 radical (unpaired) electrons. The highest BCUT2D eigenvalue weighted by atomic mass is 16.6. The molecule has 0 aromatic carbocycles. The van der Waals surface area contributed by atoms with E-state index in [9.17, 15) is 14.4 Å². The van der Waals surface area contributed by atoms with Crippen molar-refractivity contribution in [2.45, 2.75) is 284 Å². The van der Waals surface area contributed by atoms with Gasteiger partial charge in [-0.1, -0.05) is 274 Å². The first-order valence-electron chi connectivity index (χ1n) is 33.6. The zero-order valence-corrected chi connectivity index (χ0v) is 53.4. The molecule has 0 fully saturated rings. The third-order valence-corrected chi connectivity index (χ3v) is 13.7. The Balaban J connectivity index is 4.43. The summed E-state index contributed by atoms with van der Waals surface area (Å²) < 4.78 is 16.9. The minimum Gasteiger partial charge on any atom is -0.462 e. The lowest BCUT2D eigenvalue weighted by Gasteiger charge is -2.18. The van der Waals surface area contributed by atoms with Crippen LogP contribution in [0.2, 0.25) is 0 Å². The number of ether oxygens (including phenoxy) is 3. The van der Waals surface area contributed by atoms with Crippen molar-refractivity contribution in [2.75, 3.05) is 13.2 Å². The molecular formula is C77H122O6. The Hall–Kier alpha value is -5.23. The molecule has 1 unspecified atom stereocenters. The van der Waals surface area contributed by atoms with Gasteiger partial charge >= 0.3 is 17.9 Å². The third-order valence-electron chi connectivity index (χ3n) is 13.7. The number of unbranched alkanes of at least 4 members (excludes halogenated alkanes) is 20. The van der Waals surface area contributed by atoms with Crippen LogP contribution in [0.1, 0.15) is 278 Å². The molecule has 83 heavy (non-hydrogen) atoms. The Kier molecular flexibility index (Phi) is 64.9. The van der Waals surface area contributed by atoms with Gasteiger partial charge in [0, 0.05) is 19.3 Å². The number of carbonyl (C=O) groups is 3. The van der Waals surface area contributed by atoms with Crippen LogP contribution in [-0.2, 0) is 28.6 Å². The number of esters is 3. The maximum atomic E-state index is 12.9. The van der Waals surface area contributed by atoms with Gasteiger partial charge < -0.3 is 14.2 Å². The van der Waals surface area contributed by atoms with Crippen LogP contribution >= 0.6 is 0 Å². The molecule has 0 aliphatic carbocycles. The van der Waals surface area contributed by atoms with Gasteiger partial charge in [0.05, 0.1) is 0 Å². The van der Waals surface area contributed by atoms with Crippen LogP contribution in [-0.4, -0.2) is 37.2 Å². The average molecular weight is 1140 g/mol. The summed E-state index contributed by atoms with van der Waals surface area (Å²) in [6.07, 6.45) is 102. The van der Waals surface area contributed by atoms with Gasteiger partial charge in [-0.3, -0.25) is 14.4 Å². The van der Waals surface area contributed by atoms with Gasteiger partial charge in [-0.25, -0.2) is 0 Å². The van der Waals surface area contributed by atoms with Crippen molar-refractivity contribution in [3.8, 4) is 0 Å². The smallest absolute Gasteiger partial charge is 0.306 e. The summed E-state index contributed by atoms with van der Waals surface area (Å²) in [7, 11) is 0. The molecule has 0 aliphatic heterocycles. The molecule has 0 heterocycles. The zero-order chi connectivity index (χ0) is 59.9. The first-order valence-corrected chi connectivity index (χ1v) is 33.6. The van der Waals surface area contributed by atoms with E-state index in [4.69, 9.17) is 14.2 Å². The van der Waals surface area contributed by atoms with Gasteiger partial charge in [0.1, 0.15) is 13.2 Å². The predicted molar refractivity (Wildman–Crippen MR) is 361 cm³/mol. The van der Waals surface area contributed by atoms with Gasteiger partial charge in [0.25, 0.3) is 0 Å². The van der Waals surface area contributed by atoms with Crippen LogP contribution in [0.3, 0.4) is 0 Å². The Bertz CT molecular complexity index is 1890. The number of hydrogen-bond donors (Lipinski definition) is 0. The van der Waals surface area contributed by atoms with Crippen LogP contribution < -0.4 is 0 Å². The number of carbonyl (C=O) groups excluding carboxylic acids is 3. The maximum Gasteiger partial charge on any atom is 0.306 e. The van der Waals surface area contributed by atoms with E-state index in [2.05, 4.69) is 191 Å². The van der Waals surface area contributed by atoms with Crippen LogP contribution in [0.5, 0.6) is 0 Å². The normalized spacial score (nSPS) is 13.2. The predicted octanol–water partition coefficient (Wildman–Crippen LogP) is 23.4. The summed E-state index contributed by atoms with van der Waals surface area (Å²) >= 11 is 0. The molecule has 0 aliphatic rings. The van der Waals surface area contributed by atoms with Gasteiger partial charge in [-0.2, -0.15) is 0 Å². The monoisotopic (exact) mass is 1140 g/mol. The molecular weight excluding hydrogens is 1020 g/mol. The average Bonchev–Trinajstić information content (AvgIpc) is 3.49. The van der Waals surface area contributed by atoms with Crippen molar-refractivity contribution >= 4 is 17.9 Å². The van der Waals surface area contributed by atoms with E-state index in [0.717, 1.165) is 173 Å². The van der Waals surface area contributed by atoms with Gasteiger partial charge in [0.15, 0.2) is 6.10 Å². The fraction of sp³-hybridized carbons (Fsp3) is 0.597. The minimum atomic E-state index is -0.810. The van der Waals surface area contributed by atoms with E-state index in [-0.39, 0.29) is 37.5 Å². The molecule has 466 valence electrons. The van der Waals surface area contributed by atoms with Gasteiger partial charge in [-0.05, 0) is 154 Å². The minimum absolute atomic E-state index is 0.103. The molecule has 0 aromatic heterocycles. The van der Waals surface area contributed by atoms with Crippen molar-refractivity contribution in [1.29, 1.82) is 0 Å². The second kappa shape index (κ2) is 69.3. The molecule has 0 spiro atoms. The maximum absolute atomic E-state index is 12.9. The van der Waals surface area contributed by atoms with E-state index in [1.54, 1.807) is 0 Å². The quantitative estimate of drug-likeness (QED) is 0.0261. The van der Waals surface area contributed by atoms with Crippen molar-refractivity contribution < 1.29 is 28.6 Å². The SMILES string of the molecule is CC/C=C\C/C=C\C/C=C\C/C=C\C/C=C\C/C=C\C/C=C\CCCCCCCCCC(=O)OCC(COC(=O)CCCCCCC/C=C\CCCCCC)OC(=O)CCCCCC/C=C\C/C=C\C/C=C\C/C=C\C/C=C\C/C=C\CC. The largest absolute Gasteiger partial charge is 0.462 e. The van der Waals surface area contributed by atoms with Crippen LogP contribution in [0.25, 0.3) is 0 Å². The lowest BCUT2D eigenvalue weighted by Crippen LogP contribution is -2.30. The molecule has 0 saturated carbocycles. The third kappa shape index (κ3) is 67.4. The van der Waals surface area contributed by atoms with Crippen molar-refractivity contribution in [1.82, 2.24) is 0 Å². The van der Waals surface area contributed by atoms with Crippen LogP contribution in [0.4, 0.5) is 0 Å². The van der Waals surface area contributed by atoms with Crippen molar-refractivity contribution in [3.05, 3.63) is 170 Å². The Labute approximate surface area is 511 Å². The highest BCUT2D eigenvalue weighted by Gasteiger charge is 2.19. The molecule has 6 heteroatoms. The summed E-state index contributed by atoms with van der Waals surface area (Å²) in [5.74, 6) is -0.950. The molecule has 0 saturated heterocycles. The highest BCUT2D eigenvalue weighted by molar-refractivity contribution is 5.71. The van der Waals surface area contributed by atoms with Crippen molar-refractivity contribution in [2.24, 2.45) is 0 Å². The van der Waals surface area contributed by atoms with Gasteiger partial charge in [-0.15, -0.1) is 0 Å². The molecule has 1 atom stereocenters. The summed E-state index contributed by atoms with van der Waals surface area (Å²) in [4.78, 5) is 38.4. The standard InChI is InChI=1S/C77H122O6/c1-4-7-10-13-16-19-22-25-27-29-31-33-35-36-37-38-39-40-42-43-45-47-49-52-55-58-61-64-67-70-76(79)82-73-74(72-81-75(78)69-66-63-60-57-54-51-24-21-18-15-12-9-6-3)83-77(80)71-68-65-62-59-56-53-50-48-46-44-41-34-32-30-28-26-23-20-17-14-11-8-5-2/h7-8,10-11,16-17,19-21,24-28,31-34,36-37,39-40,43-46,50,53,74H,4-6,9,12-15,18,22-23,29-30,35,38,41-42,47-49,51-52,54-73H2,1-3H3/b10-7-,11-8-,19-16-,20-17-,24-21-,27-25-,28-26-,33-31-,34-32-,37-36-,40-39-,45-43-,46-44-,53-50-. The Morgan fingerprint density at radius 1 is 0.253 bits per heavy atom. The molecule has 0 bridgehead atoms. The van der Waals surface area contributed by atoms with Crippen LogP contribution in [0.15, 0.2) is 170 Å². The number of rotatable bonds is 59. The van der Waals surface area contributed by atoms with Crippen molar-refractivity contribution in [3.63, 3.8) is 0 Å². The summed E-state index contributed by atoms with van der Waals surface area (Å²) in [6.45, 7) is 6.36. The van der Waals surface area contributed by atoms with E-state index in [0.29, 0.717) is 12.8 Å². The lowest BCUT2D eigenvalue weighted by atomic mass is 10.1. The molecule has 6 nitrogen and oxygen atoms in total. The van der Waals surface area contributed by atoms with E-state index < -0.39 is 6.10 Å². The second-order valence-electron chi connectivity index (χ2n) is 21.6. The fourth-order valence-corrected chi connectivity index (χ4v) is 8.71. The molecule has 0 rings (SSSR count). The lowest BCUT2D eigenvalue weighted by molar-refractivity contribution is -0.167. The first kappa shape index (κ1) is 77.8. The van der Waals surface area contributed by atoms with Crippen LogP contribution in [0, 0.1) is 0 Å². The molecule has 0 aromatic rings. The summed E-state index contributed by atoms with van der Waals surface area (Å²) in [5.41, 5.74) is 0. The number of hydrogen-bond acceptors (Lipinski definition) is 6. The fourth-order valence-electron chi connectivity index (χ4n) is 8.71. The molecule has 0 amide bonds. The summed E-state index contributed by atoms with van der Waals surface area (Å²) in [6, 6.07) is 0. The van der Waals surface area contributed by atoms with E-state index in [1.165, 1.54) is 64.2 Å². The summed E-state index contributed by atoms with van der Waals surface area (Å²) in [5, 5.41) is 0. The topological polar surface area (TPSA) is 78.9 Å².